The minimum Gasteiger partial charge on any atom is -0.381 e. The Labute approximate surface area is 216 Å². The van der Waals surface area contributed by atoms with E-state index in [1.807, 2.05) is 17.9 Å². The molecule has 9 nitrogen and oxygen atoms in total. The number of rotatable bonds is 6. The number of nitrogens with one attached hydrogen (secondary N) is 2. The highest BCUT2D eigenvalue weighted by Crippen LogP contribution is 2.24. The molecule has 2 aromatic carbocycles. The number of aromatic amines is 1. The van der Waals surface area contributed by atoms with Crippen LogP contribution in [-0.4, -0.2) is 87.7 Å². The van der Waals surface area contributed by atoms with Gasteiger partial charge in [-0.25, -0.2) is 9.97 Å². The van der Waals surface area contributed by atoms with Crippen LogP contribution < -0.4 is 10.2 Å². The maximum absolute atomic E-state index is 13.0. The first-order valence-corrected chi connectivity index (χ1v) is 13.0. The van der Waals surface area contributed by atoms with Gasteiger partial charge in [0, 0.05) is 80.0 Å². The number of aromatic nitrogens is 4. The molecule has 4 aromatic rings. The van der Waals surface area contributed by atoms with Crippen molar-refractivity contribution in [2.45, 2.75) is 19.4 Å². The van der Waals surface area contributed by atoms with Crippen LogP contribution in [0, 0.1) is 6.92 Å². The van der Waals surface area contributed by atoms with Gasteiger partial charge in [0.25, 0.3) is 0 Å². The second kappa shape index (κ2) is 10.2. The minimum absolute atomic E-state index is 0.229. The molecular formula is C28H32N8O. The fourth-order valence-electron chi connectivity index (χ4n) is 5.34. The molecule has 0 unspecified atom stereocenters. The normalized spacial score (nSPS) is 18.5. The number of nitrogens with zero attached hydrogens (tertiary/aromatic N) is 6. The number of aryl methyl sites for hydroxylation is 1. The van der Waals surface area contributed by atoms with Crippen LogP contribution in [-0.2, 0) is 4.79 Å². The second-order valence-electron chi connectivity index (χ2n) is 9.92. The van der Waals surface area contributed by atoms with Crippen molar-refractivity contribution in [2.24, 2.45) is 0 Å². The molecule has 2 fully saturated rings. The summed E-state index contributed by atoms with van der Waals surface area (Å²) >= 11 is 0. The molecule has 2 saturated heterocycles. The summed E-state index contributed by atoms with van der Waals surface area (Å²) < 4.78 is 0. The topological polar surface area (TPSA) is 93.3 Å². The van der Waals surface area contributed by atoms with Crippen LogP contribution in [0.5, 0.6) is 0 Å². The zero-order valence-electron chi connectivity index (χ0n) is 21.1. The van der Waals surface area contributed by atoms with Crippen molar-refractivity contribution in [1.82, 2.24) is 30.0 Å². The Morgan fingerprint density at radius 3 is 2.59 bits per heavy atom. The first-order chi connectivity index (χ1) is 18.1. The molecule has 190 valence electrons. The number of anilines is 2. The van der Waals surface area contributed by atoms with E-state index >= 15 is 0 Å². The largest absolute Gasteiger partial charge is 0.381 e. The molecule has 4 heterocycles. The van der Waals surface area contributed by atoms with Crippen molar-refractivity contribution < 1.29 is 4.79 Å². The first-order valence-electron chi connectivity index (χ1n) is 13.0. The Hall–Kier alpha value is -3.98. The number of H-pyrrole nitrogens is 1. The average molecular weight is 497 g/mol. The summed E-state index contributed by atoms with van der Waals surface area (Å²) in [6, 6.07) is 16.8. The van der Waals surface area contributed by atoms with E-state index in [1.165, 1.54) is 5.69 Å². The fourth-order valence-corrected chi connectivity index (χ4v) is 5.34. The molecule has 2 aliphatic heterocycles. The van der Waals surface area contributed by atoms with Crippen LogP contribution in [0.3, 0.4) is 0 Å². The smallest absolute Gasteiger partial charge is 0.236 e. The summed E-state index contributed by atoms with van der Waals surface area (Å²) in [5.41, 5.74) is 5.35. The Bertz CT molecular complexity index is 1360. The number of fused-ring (bicyclic) bond motifs is 1. The summed E-state index contributed by atoms with van der Waals surface area (Å²) in [4.78, 5) is 28.3. The average Bonchev–Trinajstić information content (AvgIpc) is 3.55. The molecule has 2 N–H and O–H groups in total. The van der Waals surface area contributed by atoms with Gasteiger partial charge < -0.3 is 15.1 Å². The molecule has 9 heteroatoms. The second-order valence-corrected chi connectivity index (χ2v) is 9.92. The van der Waals surface area contributed by atoms with Crippen LogP contribution in [0.2, 0.25) is 0 Å². The summed E-state index contributed by atoms with van der Waals surface area (Å²) in [5.74, 6) is 0.963. The standard InChI is InChI=1S/C28H32N8O/c1-20-25-17-22(5-8-26(25)33-32-20)31-23-9-12-34(18-23)19-27(37)36-15-13-35(14-16-36)24-6-3-21(4-7-24)28-29-10-2-11-30-28/h2-8,10-11,17,23,31H,9,12-16,18-19H2,1H3,(H,32,33)/t23-/m1/s1. The molecule has 0 saturated carbocycles. The maximum Gasteiger partial charge on any atom is 0.236 e. The number of amides is 1. The number of carbonyl (C=O) groups excluding carboxylic acids is 1. The van der Waals surface area contributed by atoms with E-state index in [0.29, 0.717) is 12.6 Å². The maximum atomic E-state index is 13.0. The van der Waals surface area contributed by atoms with Crippen LogP contribution >= 0.6 is 0 Å². The van der Waals surface area contributed by atoms with Crippen molar-refractivity contribution in [3.63, 3.8) is 0 Å². The third-order valence-electron chi connectivity index (χ3n) is 7.44. The van der Waals surface area contributed by atoms with Gasteiger partial charge in [-0.2, -0.15) is 5.10 Å². The third kappa shape index (κ3) is 5.13. The predicted molar refractivity (Wildman–Crippen MR) is 146 cm³/mol. The SMILES string of the molecule is Cc1n[nH]c2ccc(N[C@@H]3CCN(CC(=O)N4CCN(c5ccc(-c6ncccn6)cc5)CC4)C3)cc12. The van der Waals surface area contributed by atoms with Gasteiger partial charge in [0.1, 0.15) is 0 Å². The summed E-state index contributed by atoms with van der Waals surface area (Å²) in [7, 11) is 0. The summed E-state index contributed by atoms with van der Waals surface area (Å²) in [5, 5.41) is 12.1. The van der Waals surface area contributed by atoms with Crippen LogP contribution in [0.25, 0.3) is 22.3 Å². The van der Waals surface area contributed by atoms with E-state index < -0.39 is 0 Å². The Morgan fingerprint density at radius 1 is 1.03 bits per heavy atom. The van der Waals surface area contributed by atoms with Crippen molar-refractivity contribution in [3.05, 3.63) is 66.6 Å². The van der Waals surface area contributed by atoms with Crippen LogP contribution in [0.1, 0.15) is 12.1 Å². The van der Waals surface area contributed by atoms with Gasteiger partial charge in [0.05, 0.1) is 17.8 Å². The van der Waals surface area contributed by atoms with Gasteiger partial charge in [0.15, 0.2) is 5.82 Å². The summed E-state index contributed by atoms with van der Waals surface area (Å²) in [6.07, 6.45) is 4.55. The van der Waals surface area contributed by atoms with E-state index in [0.717, 1.165) is 79.4 Å². The van der Waals surface area contributed by atoms with Crippen molar-refractivity contribution in [3.8, 4) is 11.4 Å². The zero-order valence-corrected chi connectivity index (χ0v) is 21.1. The molecule has 0 bridgehead atoms. The molecule has 2 aliphatic rings. The van der Waals surface area contributed by atoms with E-state index in [-0.39, 0.29) is 5.91 Å². The van der Waals surface area contributed by atoms with E-state index in [2.05, 4.69) is 77.7 Å². The Balaban J connectivity index is 0.976. The number of hydrogen-bond acceptors (Lipinski definition) is 7. The highest BCUT2D eigenvalue weighted by molar-refractivity contribution is 5.84. The molecule has 2 aromatic heterocycles. The number of benzene rings is 2. The first kappa shape index (κ1) is 23.4. The number of carbonyl (C=O) groups is 1. The molecule has 0 spiro atoms. The quantitative estimate of drug-likeness (QED) is 0.424. The van der Waals surface area contributed by atoms with E-state index in [4.69, 9.17) is 0 Å². The van der Waals surface area contributed by atoms with Gasteiger partial charge in [-0.3, -0.25) is 14.8 Å². The molecule has 1 atom stereocenters. The third-order valence-corrected chi connectivity index (χ3v) is 7.44. The lowest BCUT2D eigenvalue weighted by atomic mass is 10.1. The molecule has 0 aliphatic carbocycles. The molecular weight excluding hydrogens is 464 g/mol. The van der Waals surface area contributed by atoms with Crippen molar-refractivity contribution >= 4 is 28.2 Å². The summed E-state index contributed by atoms with van der Waals surface area (Å²) in [6.45, 7) is 7.51. The Kier molecular flexibility index (Phi) is 6.44. The number of piperazine rings is 1. The lowest BCUT2D eigenvalue weighted by Crippen LogP contribution is -2.51. The van der Waals surface area contributed by atoms with Gasteiger partial charge >= 0.3 is 0 Å². The van der Waals surface area contributed by atoms with Crippen molar-refractivity contribution in [2.75, 3.05) is 56.0 Å². The lowest BCUT2D eigenvalue weighted by molar-refractivity contribution is -0.132. The fraction of sp³-hybridized carbons (Fsp3) is 0.357. The highest BCUT2D eigenvalue weighted by atomic mass is 16.2. The lowest BCUT2D eigenvalue weighted by Gasteiger charge is -2.36. The zero-order chi connectivity index (χ0) is 25.2. The number of hydrogen-bond donors (Lipinski definition) is 2. The van der Waals surface area contributed by atoms with Crippen molar-refractivity contribution in [1.29, 1.82) is 0 Å². The monoisotopic (exact) mass is 496 g/mol. The molecule has 6 rings (SSSR count). The molecule has 0 radical (unpaired) electrons. The van der Waals surface area contributed by atoms with Gasteiger partial charge in [-0.15, -0.1) is 0 Å². The Morgan fingerprint density at radius 2 is 1.81 bits per heavy atom. The molecule has 1 amide bonds. The molecule has 37 heavy (non-hydrogen) atoms. The minimum atomic E-state index is 0.229. The van der Waals surface area contributed by atoms with Crippen LogP contribution in [0.15, 0.2) is 60.9 Å². The highest BCUT2D eigenvalue weighted by Gasteiger charge is 2.27. The van der Waals surface area contributed by atoms with Gasteiger partial charge in [-0.1, -0.05) is 0 Å². The number of likely N-dealkylation sites (tertiary alicyclic amines) is 1. The van der Waals surface area contributed by atoms with Gasteiger partial charge in [0.2, 0.25) is 5.91 Å². The van der Waals surface area contributed by atoms with Crippen LogP contribution in [0.4, 0.5) is 11.4 Å². The van der Waals surface area contributed by atoms with E-state index in [9.17, 15) is 4.79 Å². The predicted octanol–water partition coefficient (Wildman–Crippen LogP) is 3.16. The van der Waals surface area contributed by atoms with E-state index in [1.54, 1.807) is 12.4 Å². The van der Waals surface area contributed by atoms with Gasteiger partial charge in [-0.05, 0) is 61.9 Å².